The van der Waals surface area contributed by atoms with Gasteiger partial charge in [0.25, 0.3) is 0 Å². The molecular weight excluding hydrogens is 186 g/mol. The van der Waals surface area contributed by atoms with Gasteiger partial charge in [-0.15, -0.1) is 0 Å². The fourth-order valence-electron chi connectivity index (χ4n) is 1.50. The van der Waals surface area contributed by atoms with Gasteiger partial charge in [0.1, 0.15) is 0 Å². The van der Waals surface area contributed by atoms with Gasteiger partial charge < -0.3 is 10.3 Å². The number of aryl methyl sites for hydroxylation is 1. The molecule has 0 radical (unpaired) electrons. The SMILES string of the molecule is Cc1nc(C(N)C2CCSC2)no1. The summed E-state index contributed by atoms with van der Waals surface area (Å²) in [4.78, 5) is 4.14. The minimum atomic E-state index is -0.0487. The molecule has 2 heterocycles. The number of thioether (sulfide) groups is 1. The van der Waals surface area contributed by atoms with E-state index in [1.165, 1.54) is 12.2 Å². The van der Waals surface area contributed by atoms with E-state index in [1.54, 1.807) is 6.92 Å². The number of hydrogen-bond acceptors (Lipinski definition) is 5. The Morgan fingerprint density at radius 3 is 3.08 bits per heavy atom. The molecule has 1 fully saturated rings. The summed E-state index contributed by atoms with van der Waals surface area (Å²) in [5.41, 5.74) is 6.02. The van der Waals surface area contributed by atoms with Gasteiger partial charge in [-0.2, -0.15) is 16.7 Å². The molecule has 72 valence electrons. The maximum absolute atomic E-state index is 6.02. The second-order valence-electron chi connectivity index (χ2n) is 3.32. The molecule has 1 aliphatic heterocycles. The largest absolute Gasteiger partial charge is 0.340 e. The number of rotatable bonds is 2. The first-order valence-corrected chi connectivity index (χ1v) is 5.56. The zero-order valence-electron chi connectivity index (χ0n) is 7.56. The molecule has 1 aromatic rings. The zero-order valence-corrected chi connectivity index (χ0v) is 8.38. The van der Waals surface area contributed by atoms with E-state index in [0.29, 0.717) is 17.6 Å². The Balaban J connectivity index is 2.07. The third-order valence-electron chi connectivity index (χ3n) is 2.31. The lowest BCUT2D eigenvalue weighted by atomic mass is 10.00. The van der Waals surface area contributed by atoms with Crippen LogP contribution in [0.5, 0.6) is 0 Å². The minimum absolute atomic E-state index is 0.0487. The molecule has 0 aromatic carbocycles. The van der Waals surface area contributed by atoms with Crippen molar-refractivity contribution in [2.24, 2.45) is 11.7 Å². The molecule has 5 heteroatoms. The van der Waals surface area contributed by atoms with Gasteiger partial charge in [0.05, 0.1) is 6.04 Å². The highest BCUT2D eigenvalue weighted by atomic mass is 32.2. The smallest absolute Gasteiger partial charge is 0.223 e. The van der Waals surface area contributed by atoms with E-state index in [4.69, 9.17) is 10.3 Å². The highest BCUT2D eigenvalue weighted by Crippen LogP contribution is 2.31. The van der Waals surface area contributed by atoms with Crippen LogP contribution in [0.3, 0.4) is 0 Å². The van der Waals surface area contributed by atoms with E-state index in [2.05, 4.69) is 10.1 Å². The molecule has 0 aliphatic carbocycles. The maximum Gasteiger partial charge on any atom is 0.223 e. The molecule has 0 amide bonds. The maximum atomic E-state index is 6.02. The molecule has 4 nitrogen and oxygen atoms in total. The lowest BCUT2D eigenvalue weighted by molar-refractivity contribution is 0.371. The van der Waals surface area contributed by atoms with Crippen LogP contribution in [0.2, 0.25) is 0 Å². The van der Waals surface area contributed by atoms with Gasteiger partial charge in [0, 0.05) is 6.92 Å². The van der Waals surface area contributed by atoms with Crippen molar-refractivity contribution >= 4 is 11.8 Å². The molecule has 1 aromatic heterocycles. The molecule has 2 atom stereocenters. The lowest BCUT2D eigenvalue weighted by Gasteiger charge is -2.13. The van der Waals surface area contributed by atoms with Gasteiger partial charge in [-0.25, -0.2) is 0 Å². The van der Waals surface area contributed by atoms with Crippen molar-refractivity contribution in [3.05, 3.63) is 11.7 Å². The molecule has 13 heavy (non-hydrogen) atoms. The summed E-state index contributed by atoms with van der Waals surface area (Å²) >= 11 is 1.95. The van der Waals surface area contributed by atoms with Crippen molar-refractivity contribution in [2.75, 3.05) is 11.5 Å². The number of nitrogens with two attached hydrogens (primary N) is 1. The van der Waals surface area contributed by atoms with Crippen molar-refractivity contribution in [3.8, 4) is 0 Å². The summed E-state index contributed by atoms with van der Waals surface area (Å²) in [5, 5.41) is 3.84. The fourth-order valence-corrected chi connectivity index (χ4v) is 2.81. The number of nitrogens with zero attached hydrogens (tertiary/aromatic N) is 2. The molecule has 2 unspecified atom stereocenters. The van der Waals surface area contributed by atoms with E-state index in [0.717, 1.165) is 5.75 Å². The molecule has 2 N–H and O–H groups in total. The third-order valence-corrected chi connectivity index (χ3v) is 3.50. The highest BCUT2D eigenvalue weighted by Gasteiger charge is 2.26. The summed E-state index contributed by atoms with van der Waals surface area (Å²) in [7, 11) is 0. The van der Waals surface area contributed by atoms with Gasteiger partial charge in [0.2, 0.25) is 5.89 Å². The lowest BCUT2D eigenvalue weighted by Crippen LogP contribution is -2.22. The number of hydrogen-bond donors (Lipinski definition) is 1. The van der Waals surface area contributed by atoms with E-state index in [-0.39, 0.29) is 6.04 Å². The van der Waals surface area contributed by atoms with Crippen LogP contribution < -0.4 is 5.73 Å². The van der Waals surface area contributed by atoms with Gasteiger partial charge in [-0.05, 0) is 23.8 Å². The molecule has 0 spiro atoms. The first-order chi connectivity index (χ1) is 6.27. The highest BCUT2D eigenvalue weighted by molar-refractivity contribution is 7.99. The second kappa shape index (κ2) is 3.67. The van der Waals surface area contributed by atoms with Crippen LogP contribution in [0.25, 0.3) is 0 Å². The average Bonchev–Trinajstić information content (AvgIpc) is 2.72. The summed E-state index contributed by atoms with van der Waals surface area (Å²) < 4.78 is 4.90. The Morgan fingerprint density at radius 1 is 1.69 bits per heavy atom. The monoisotopic (exact) mass is 199 g/mol. The van der Waals surface area contributed by atoms with E-state index >= 15 is 0 Å². The van der Waals surface area contributed by atoms with Crippen molar-refractivity contribution in [3.63, 3.8) is 0 Å². The predicted molar refractivity (Wildman–Crippen MR) is 51.4 cm³/mol. The zero-order chi connectivity index (χ0) is 9.26. The molecule has 0 saturated carbocycles. The Morgan fingerprint density at radius 2 is 2.54 bits per heavy atom. The molecular formula is C8H13N3OS. The van der Waals surface area contributed by atoms with E-state index < -0.39 is 0 Å². The predicted octanol–water partition coefficient (Wildman–Crippen LogP) is 1.13. The van der Waals surface area contributed by atoms with Crippen LogP contribution in [-0.4, -0.2) is 21.6 Å². The Labute approximate surface area is 81.3 Å². The van der Waals surface area contributed by atoms with Crippen LogP contribution >= 0.6 is 11.8 Å². The van der Waals surface area contributed by atoms with Gasteiger partial charge in [0.15, 0.2) is 5.82 Å². The Kier molecular flexibility index (Phi) is 2.55. The van der Waals surface area contributed by atoms with E-state index in [1.807, 2.05) is 11.8 Å². The van der Waals surface area contributed by atoms with Crippen molar-refractivity contribution in [1.82, 2.24) is 10.1 Å². The summed E-state index contributed by atoms with van der Waals surface area (Å²) in [6.45, 7) is 1.78. The van der Waals surface area contributed by atoms with Gasteiger partial charge in [-0.3, -0.25) is 0 Å². The quantitative estimate of drug-likeness (QED) is 0.773. The van der Waals surface area contributed by atoms with Gasteiger partial charge in [-0.1, -0.05) is 5.16 Å². The summed E-state index contributed by atoms with van der Waals surface area (Å²) in [6.07, 6.45) is 1.17. The van der Waals surface area contributed by atoms with Crippen LogP contribution in [0.1, 0.15) is 24.2 Å². The normalized spacial score (nSPS) is 24.9. The third kappa shape index (κ3) is 1.86. The van der Waals surface area contributed by atoms with Crippen molar-refractivity contribution < 1.29 is 4.52 Å². The standard InChI is InChI=1S/C8H13N3OS/c1-5-10-8(11-12-5)7(9)6-2-3-13-4-6/h6-7H,2-4,9H2,1H3. The molecule has 1 aliphatic rings. The molecule has 0 bridgehead atoms. The van der Waals surface area contributed by atoms with E-state index in [9.17, 15) is 0 Å². The average molecular weight is 199 g/mol. The van der Waals surface area contributed by atoms with Crippen molar-refractivity contribution in [1.29, 1.82) is 0 Å². The van der Waals surface area contributed by atoms with Crippen LogP contribution in [0.15, 0.2) is 4.52 Å². The topological polar surface area (TPSA) is 64.9 Å². The molecule has 1 saturated heterocycles. The first-order valence-electron chi connectivity index (χ1n) is 4.41. The van der Waals surface area contributed by atoms with Gasteiger partial charge >= 0.3 is 0 Å². The van der Waals surface area contributed by atoms with Crippen LogP contribution in [0.4, 0.5) is 0 Å². The first kappa shape index (κ1) is 9.02. The summed E-state index contributed by atoms with van der Waals surface area (Å²) in [6, 6.07) is -0.0487. The minimum Gasteiger partial charge on any atom is -0.340 e. The summed E-state index contributed by atoms with van der Waals surface area (Å²) in [5.74, 6) is 4.09. The number of aromatic nitrogens is 2. The van der Waals surface area contributed by atoms with Crippen molar-refractivity contribution in [2.45, 2.75) is 19.4 Å². The Hall–Kier alpha value is -0.550. The van der Waals surface area contributed by atoms with Crippen LogP contribution in [-0.2, 0) is 0 Å². The van der Waals surface area contributed by atoms with Crippen LogP contribution in [0, 0.1) is 12.8 Å². The Bertz CT molecular complexity index is 283. The molecule has 2 rings (SSSR count). The second-order valence-corrected chi connectivity index (χ2v) is 4.47. The fraction of sp³-hybridized carbons (Fsp3) is 0.750.